The molecule has 0 atom stereocenters. The van der Waals surface area contributed by atoms with Crippen molar-refractivity contribution >= 4 is 23.2 Å². The lowest BCUT2D eigenvalue weighted by Crippen LogP contribution is -2.28. The third kappa shape index (κ3) is 3.76. The molecule has 1 aromatic carbocycles. The molecule has 1 fully saturated rings. The summed E-state index contributed by atoms with van der Waals surface area (Å²) in [5, 5.41) is 8.95. The molecule has 0 aliphatic carbocycles. The highest BCUT2D eigenvalue weighted by Gasteiger charge is 2.17. The van der Waals surface area contributed by atoms with E-state index in [9.17, 15) is 9.59 Å². The van der Waals surface area contributed by atoms with Crippen LogP contribution in [-0.2, 0) is 9.59 Å². The third-order valence-electron chi connectivity index (χ3n) is 4.14. The van der Waals surface area contributed by atoms with E-state index >= 15 is 0 Å². The van der Waals surface area contributed by atoms with E-state index in [2.05, 4.69) is 16.0 Å². The molecule has 2 heterocycles. The van der Waals surface area contributed by atoms with Crippen LogP contribution in [0.5, 0.6) is 5.75 Å². The molecule has 0 unspecified atom stereocenters. The molecule has 22 heavy (non-hydrogen) atoms. The molecule has 0 aromatic heterocycles. The van der Waals surface area contributed by atoms with E-state index in [1.807, 2.05) is 0 Å². The normalized spacial score (nSPS) is 18.1. The number of piperidine rings is 1. The molecule has 2 aliphatic rings. The first kappa shape index (κ1) is 14.8. The van der Waals surface area contributed by atoms with Crippen LogP contribution in [0, 0.1) is 5.92 Å². The molecule has 2 aliphatic heterocycles. The Kier molecular flexibility index (Phi) is 4.58. The maximum Gasteiger partial charge on any atom is 0.262 e. The second-order valence-electron chi connectivity index (χ2n) is 5.83. The van der Waals surface area contributed by atoms with Crippen LogP contribution in [0.25, 0.3) is 0 Å². The molecule has 0 radical (unpaired) electrons. The number of amides is 2. The summed E-state index contributed by atoms with van der Waals surface area (Å²) >= 11 is 0. The SMILES string of the molecule is O=C(CCC1CCNCC1)Nc1ccc2c(c1)OCC(=O)N2. The fraction of sp³-hybridized carbons (Fsp3) is 0.500. The Balaban J connectivity index is 1.52. The highest BCUT2D eigenvalue weighted by atomic mass is 16.5. The van der Waals surface area contributed by atoms with Crippen molar-refractivity contribution in [3.63, 3.8) is 0 Å². The Bertz CT molecular complexity index is 568. The molecule has 2 amide bonds. The van der Waals surface area contributed by atoms with Crippen LogP contribution in [0.4, 0.5) is 11.4 Å². The first-order chi connectivity index (χ1) is 10.7. The van der Waals surface area contributed by atoms with E-state index in [-0.39, 0.29) is 18.4 Å². The number of rotatable bonds is 4. The number of ether oxygens (including phenoxy) is 1. The lowest BCUT2D eigenvalue weighted by Gasteiger charge is -2.22. The van der Waals surface area contributed by atoms with Crippen LogP contribution in [-0.4, -0.2) is 31.5 Å². The molecular formula is C16H21N3O3. The van der Waals surface area contributed by atoms with Crippen molar-refractivity contribution in [1.29, 1.82) is 0 Å². The van der Waals surface area contributed by atoms with E-state index < -0.39 is 0 Å². The van der Waals surface area contributed by atoms with Gasteiger partial charge < -0.3 is 20.7 Å². The number of hydrogen-bond acceptors (Lipinski definition) is 4. The van der Waals surface area contributed by atoms with Crippen molar-refractivity contribution in [2.75, 3.05) is 30.3 Å². The topological polar surface area (TPSA) is 79.5 Å². The van der Waals surface area contributed by atoms with E-state index in [0.29, 0.717) is 29.5 Å². The molecule has 3 N–H and O–H groups in total. The summed E-state index contributed by atoms with van der Waals surface area (Å²) in [7, 11) is 0. The van der Waals surface area contributed by atoms with Gasteiger partial charge in [-0.3, -0.25) is 9.59 Å². The first-order valence-electron chi connectivity index (χ1n) is 7.78. The molecule has 0 saturated carbocycles. The lowest BCUT2D eigenvalue weighted by atomic mass is 9.93. The number of carbonyl (C=O) groups excluding carboxylic acids is 2. The van der Waals surface area contributed by atoms with Crippen molar-refractivity contribution in [2.24, 2.45) is 5.92 Å². The number of fused-ring (bicyclic) bond motifs is 1. The summed E-state index contributed by atoms with van der Waals surface area (Å²) in [6, 6.07) is 5.27. The highest BCUT2D eigenvalue weighted by molar-refractivity contribution is 5.97. The lowest BCUT2D eigenvalue weighted by molar-refractivity contribution is -0.119. The van der Waals surface area contributed by atoms with Gasteiger partial charge in [-0.15, -0.1) is 0 Å². The second kappa shape index (κ2) is 6.79. The number of nitrogens with one attached hydrogen (secondary N) is 3. The van der Waals surface area contributed by atoms with Crippen molar-refractivity contribution in [3.8, 4) is 5.75 Å². The van der Waals surface area contributed by atoms with Crippen LogP contribution >= 0.6 is 0 Å². The predicted octanol–water partition coefficient (Wildman–Crippen LogP) is 1.74. The zero-order valence-corrected chi connectivity index (χ0v) is 12.5. The van der Waals surface area contributed by atoms with Crippen molar-refractivity contribution in [3.05, 3.63) is 18.2 Å². The monoisotopic (exact) mass is 303 g/mol. The standard InChI is InChI=1S/C16H21N3O3/c20-15(4-1-11-5-7-17-8-6-11)18-12-2-3-13-14(9-12)22-10-16(21)19-13/h2-3,9,11,17H,1,4-8,10H2,(H,18,20)(H,19,21). The minimum absolute atomic E-state index is 0.0140. The van der Waals surface area contributed by atoms with Gasteiger partial charge in [0.1, 0.15) is 5.75 Å². The molecule has 1 aromatic rings. The van der Waals surface area contributed by atoms with Gasteiger partial charge in [0.15, 0.2) is 6.61 Å². The van der Waals surface area contributed by atoms with Gasteiger partial charge in [-0.2, -0.15) is 0 Å². The zero-order valence-electron chi connectivity index (χ0n) is 12.5. The van der Waals surface area contributed by atoms with Crippen LogP contribution < -0.4 is 20.7 Å². The molecular weight excluding hydrogens is 282 g/mol. The molecule has 0 bridgehead atoms. The average molecular weight is 303 g/mol. The Morgan fingerprint density at radius 1 is 1.32 bits per heavy atom. The largest absolute Gasteiger partial charge is 0.482 e. The van der Waals surface area contributed by atoms with Crippen LogP contribution in [0.1, 0.15) is 25.7 Å². The summed E-state index contributed by atoms with van der Waals surface area (Å²) < 4.78 is 5.34. The summed E-state index contributed by atoms with van der Waals surface area (Å²) in [5.41, 5.74) is 1.34. The van der Waals surface area contributed by atoms with Gasteiger partial charge in [-0.05, 0) is 50.4 Å². The summed E-state index contributed by atoms with van der Waals surface area (Å²) in [4.78, 5) is 23.3. The first-order valence-corrected chi connectivity index (χ1v) is 7.78. The molecule has 6 nitrogen and oxygen atoms in total. The number of benzene rings is 1. The maximum absolute atomic E-state index is 12.0. The highest BCUT2D eigenvalue weighted by Crippen LogP contribution is 2.30. The third-order valence-corrected chi connectivity index (χ3v) is 4.14. The van der Waals surface area contributed by atoms with Gasteiger partial charge in [-0.25, -0.2) is 0 Å². The zero-order chi connectivity index (χ0) is 15.4. The molecule has 6 heteroatoms. The van der Waals surface area contributed by atoms with Gasteiger partial charge in [0, 0.05) is 18.2 Å². The molecule has 1 saturated heterocycles. The number of hydrogen-bond donors (Lipinski definition) is 3. The van der Waals surface area contributed by atoms with E-state index in [1.54, 1.807) is 18.2 Å². The Labute approximate surface area is 129 Å². The van der Waals surface area contributed by atoms with Crippen molar-refractivity contribution in [2.45, 2.75) is 25.7 Å². The van der Waals surface area contributed by atoms with Crippen LogP contribution in [0.2, 0.25) is 0 Å². The predicted molar refractivity (Wildman–Crippen MR) is 84.0 cm³/mol. The summed E-state index contributed by atoms with van der Waals surface area (Å²) in [6.07, 6.45) is 3.78. The van der Waals surface area contributed by atoms with Gasteiger partial charge in [0.25, 0.3) is 5.91 Å². The van der Waals surface area contributed by atoms with E-state index in [0.717, 1.165) is 32.4 Å². The molecule has 0 spiro atoms. The Hall–Kier alpha value is -2.08. The smallest absolute Gasteiger partial charge is 0.262 e. The Morgan fingerprint density at radius 2 is 2.14 bits per heavy atom. The fourth-order valence-corrected chi connectivity index (χ4v) is 2.88. The fourth-order valence-electron chi connectivity index (χ4n) is 2.88. The number of anilines is 2. The van der Waals surface area contributed by atoms with E-state index in [4.69, 9.17) is 4.74 Å². The second-order valence-corrected chi connectivity index (χ2v) is 5.83. The maximum atomic E-state index is 12.0. The van der Waals surface area contributed by atoms with Crippen LogP contribution in [0.3, 0.4) is 0 Å². The average Bonchev–Trinajstić information content (AvgIpc) is 2.54. The van der Waals surface area contributed by atoms with E-state index in [1.165, 1.54) is 0 Å². The quantitative estimate of drug-likeness (QED) is 0.791. The van der Waals surface area contributed by atoms with Crippen molar-refractivity contribution < 1.29 is 14.3 Å². The molecule has 118 valence electrons. The minimum atomic E-state index is -0.161. The molecule has 3 rings (SSSR count). The van der Waals surface area contributed by atoms with Crippen molar-refractivity contribution in [1.82, 2.24) is 5.32 Å². The number of carbonyl (C=O) groups is 2. The van der Waals surface area contributed by atoms with Gasteiger partial charge in [0.05, 0.1) is 5.69 Å². The van der Waals surface area contributed by atoms with Gasteiger partial charge >= 0.3 is 0 Å². The summed E-state index contributed by atoms with van der Waals surface area (Å²) in [6.45, 7) is 2.13. The Morgan fingerprint density at radius 3 is 2.95 bits per heavy atom. The van der Waals surface area contributed by atoms with Gasteiger partial charge in [0.2, 0.25) is 5.91 Å². The van der Waals surface area contributed by atoms with Gasteiger partial charge in [-0.1, -0.05) is 0 Å². The summed E-state index contributed by atoms with van der Waals surface area (Å²) in [5.74, 6) is 1.11. The minimum Gasteiger partial charge on any atom is -0.482 e. The van der Waals surface area contributed by atoms with Crippen LogP contribution in [0.15, 0.2) is 18.2 Å².